The molecule has 0 aliphatic carbocycles. The third-order valence-electron chi connectivity index (χ3n) is 5.31. The molecular weight excluding hydrogens is 454 g/mol. The summed E-state index contributed by atoms with van der Waals surface area (Å²) in [6.45, 7) is -0.271. The van der Waals surface area contributed by atoms with Crippen molar-refractivity contribution in [2.24, 2.45) is 0 Å². The van der Waals surface area contributed by atoms with Gasteiger partial charge in [0.15, 0.2) is 17.2 Å². The van der Waals surface area contributed by atoms with Crippen LogP contribution in [0.3, 0.4) is 0 Å². The van der Waals surface area contributed by atoms with Crippen LogP contribution in [0.5, 0.6) is 11.5 Å². The van der Waals surface area contributed by atoms with Gasteiger partial charge in [-0.1, -0.05) is 0 Å². The molecule has 33 heavy (non-hydrogen) atoms. The Labute approximate surface area is 187 Å². The number of nitriles is 1. The van der Waals surface area contributed by atoms with E-state index in [0.717, 1.165) is 16.4 Å². The highest BCUT2D eigenvalue weighted by atomic mass is 32.2. The maximum absolute atomic E-state index is 14.7. The molecule has 1 atom stereocenters. The van der Waals surface area contributed by atoms with Crippen LogP contribution in [0, 0.1) is 17.1 Å². The van der Waals surface area contributed by atoms with Crippen LogP contribution in [-0.4, -0.2) is 46.4 Å². The monoisotopic (exact) mass is 470 g/mol. The lowest BCUT2D eigenvalue weighted by molar-refractivity contribution is 0.343. The second-order valence-electron chi connectivity index (χ2n) is 7.43. The fourth-order valence-corrected chi connectivity index (χ4v) is 4.97. The first kappa shape index (κ1) is 21.0. The van der Waals surface area contributed by atoms with Gasteiger partial charge in [-0.15, -0.1) is 0 Å². The molecule has 2 aromatic carbocycles. The van der Waals surface area contributed by atoms with Gasteiger partial charge >= 0.3 is 10.2 Å². The molecule has 0 radical (unpaired) electrons. The number of ether oxygens (including phenoxy) is 1. The topological polar surface area (TPSA) is 113 Å². The van der Waals surface area contributed by atoms with E-state index in [-0.39, 0.29) is 36.5 Å². The number of alkyl halides is 1. The van der Waals surface area contributed by atoms with Crippen LogP contribution in [0.1, 0.15) is 12.0 Å². The molecule has 1 aliphatic rings. The summed E-state index contributed by atoms with van der Waals surface area (Å²) in [4.78, 5) is 8.48. The number of fused-ring (bicyclic) bond motifs is 3. The van der Waals surface area contributed by atoms with Gasteiger partial charge in [0.1, 0.15) is 23.6 Å². The highest BCUT2D eigenvalue weighted by molar-refractivity contribution is 7.90. The summed E-state index contributed by atoms with van der Waals surface area (Å²) < 4.78 is 64.0. The lowest BCUT2D eigenvalue weighted by atomic mass is 10.1. The van der Waals surface area contributed by atoms with Crippen molar-refractivity contribution in [2.45, 2.75) is 12.6 Å². The molecular formula is C21H16F2N6O3S. The van der Waals surface area contributed by atoms with Crippen LogP contribution < -0.4 is 9.46 Å². The van der Waals surface area contributed by atoms with Crippen molar-refractivity contribution < 1.29 is 21.9 Å². The summed E-state index contributed by atoms with van der Waals surface area (Å²) in [6, 6.07) is 8.75. The number of rotatable bonds is 5. The standard InChI is InChI=1S/C21H16F2N6O3S/c22-13-5-7-28(12-13)33(30,31)27-17-4-2-16(23)21(15(17)10-24)32-14-1-3-18-19(9-14)29-8-6-25-20(29)11-26-18/h1-4,6,8-9,11,13,27H,5,7,12H2/t13-/m0/s1. The van der Waals surface area contributed by atoms with E-state index in [1.807, 2.05) is 0 Å². The lowest BCUT2D eigenvalue weighted by Gasteiger charge is -2.18. The van der Waals surface area contributed by atoms with Crippen LogP contribution >= 0.6 is 0 Å². The Kier molecular flexibility index (Phi) is 5.07. The zero-order valence-electron chi connectivity index (χ0n) is 16.9. The molecule has 0 saturated carbocycles. The summed E-state index contributed by atoms with van der Waals surface area (Å²) in [5, 5.41) is 9.66. The molecule has 0 bridgehead atoms. The van der Waals surface area contributed by atoms with Crippen molar-refractivity contribution in [3.63, 3.8) is 0 Å². The number of aromatic nitrogens is 3. The molecule has 4 aromatic rings. The fraction of sp³-hybridized carbons (Fsp3) is 0.190. The maximum atomic E-state index is 14.7. The Bertz CT molecular complexity index is 1530. The molecule has 1 N–H and O–H groups in total. The van der Waals surface area contributed by atoms with Gasteiger partial charge in [-0.05, 0) is 30.7 Å². The maximum Gasteiger partial charge on any atom is 0.301 e. The van der Waals surface area contributed by atoms with Crippen molar-refractivity contribution in [1.29, 1.82) is 5.26 Å². The molecule has 5 rings (SSSR count). The minimum Gasteiger partial charge on any atom is -0.453 e. The molecule has 2 aromatic heterocycles. The van der Waals surface area contributed by atoms with E-state index in [9.17, 15) is 22.5 Å². The lowest BCUT2D eigenvalue weighted by Crippen LogP contribution is -2.34. The van der Waals surface area contributed by atoms with E-state index in [1.165, 1.54) is 0 Å². The number of anilines is 1. The number of hydrogen-bond acceptors (Lipinski definition) is 6. The molecule has 0 spiro atoms. The quantitative estimate of drug-likeness (QED) is 0.479. The second-order valence-corrected chi connectivity index (χ2v) is 9.10. The Morgan fingerprint density at radius 3 is 2.85 bits per heavy atom. The van der Waals surface area contributed by atoms with Crippen LogP contribution in [-0.2, 0) is 10.2 Å². The molecule has 9 nitrogen and oxygen atoms in total. The number of halogens is 2. The number of benzene rings is 2. The third kappa shape index (κ3) is 3.81. The third-order valence-corrected chi connectivity index (χ3v) is 6.80. The second kappa shape index (κ2) is 7.95. The zero-order valence-corrected chi connectivity index (χ0v) is 17.8. The first-order valence-corrected chi connectivity index (χ1v) is 11.3. The van der Waals surface area contributed by atoms with Crippen molar-refractivity contribution in [3.05, 3.63) is 60.3 Å². The number of nitrogens with one attached hydrogen (secondary N) is 1. The van der Waals surface area contributed by atoms with Gasteiger partial charge in [0.05, 0.1) is 22.9 Å². The van der Waals surface area contributed by atoms with E-state index < -0.39 is 27.9 Å². The van der Waals surface area contributed by atoms with Crippen molar-refractivity contribution in [2.75, 3.05) is 17.8 Å². The average Bonchev–Trinajstić information content (AvgIpc) is 3.45. The number of hydrogen-bond donors (Lipinski definition) is 1. The Hall–Kier alpha value is -3.82. The largest absolute Gasteiger partial charge is 0.453 e. The van der Waals surface area contributed by atoms with Crippen LogP contribution in [0.25, 0.3) is 16.7 Å². The van der Waals surface area contributed by atoms with Gasteiger partial charge in [-0.2, -0.15) is 18.0 Å². The minimum atomic E-state index is -4.13. The summed E-state index contributed by atoms with van der Waals surface area (Å²) >= 11 is 0. The van der Waals surface area contributed by atoms with Crippen LogP contribution in [0.2, 0.25) is 0 Å². The zero-order chi connectivity index (χ0) is 23.2. The van der Waals surface area contributed by atoms with Crippen LogP contribution in [0.15, 0.2) is 48.9 Å². The molecule has 1 aliphatic heterocycles. The van der Waals surface area contributed by atoms with E-state index >= 15 is 0 Å². The van der Waals surface area contributed by atoms with Crippen molar-refractivity contribution >= 4 is 32.6 Å². The Balaban J connectivity index is 1.52. The molecule has 0 unspecified atom stereocenters. The minimum absolute atomic E-state index is 0.0107. The fourth-order valence-electron chi connectivity index (χ4n) is 3.69. The van der Waals surface area contributed by atoms with Gasteiger partial charge in [0.25, 0.3) is 0 Å². The Morgan fingerprint density at radius 2 is 2.09 bits per heavy atom. The van der Waals surface area contributed by atoms with Crippen molar-refractivity contribution in [3.8, 4) is 17.6 Å². The Morgan fingerprint density at radius 1 is 1.24 bits per heavy atom. The first-order chi connectivity index (χ1) is 15.9. The SMILES string of the molecule is N#Cc1c(NS(=O)(=O)N2CC[C@H](F)C2)ccc(F)c1Oc1ccc2ncc3nccn3c2c1. The smallest absolute Gasteiger partial charge is 0.301 e. The molecule has 0 amide bonds. The highest BCUT2D eigenvalue weighted by Crippen LogP contribution is 2.35. The van der Waals surface area contributed by atoms with Gasteiger partial charge < -0.3 is 4.74 Å². The normalized spacial score (nSPS) is 16.8. The van der Waals surface area contributed by atoms with E-state index in [2.05, 4.69) is 14.7 Å². The first-order valence-electron chi connectivity index (χ1n) is 9.90. The van der Waals surface area contributed by atoms with E-state index in [0.29, 0.717) is 16.7 Å². The molecule has 3 heterocycles. The van der Waals surface area contributed by atoms with Gasteiger partial charge in [-0.25, -0.2) is 13.8 Å². The predicted octanol–water partition coefficient (Wildman–Crippen LogP) is 3.39. The van der Waals surface area contributed by atoms with Crippen LogP contribution in [0.4, 0.5) is 14.5 Å². The number of nitrogens with zero attached hydrogens (tertiary/aromatic N) is 5. The molecule has 12 heteroatoms. The summed E-state index contributed by atoms with van der Waals surface area (Å²) in [6.07, 6.45) is 3.79. The van der Waals surface area contributed by atoms with Gasteiger partial charge in [0.2, 0.25) is 0 Å². The van der Waals surface area contributed by atoms with Gasteiger partial charge in [0, 0.05) is 31.5 Å². The predicted molar refractivity (Wildman–Crippen MR) is 115 cm³/mol. The van der Waals surface area contributed by atoms with Crippen molar-refractivity contribution in [1.82, 2.24) is 18.7 Å². The summed E-state index contributed by atoms with van der Waals surface area (Å²) in [5.74, 6) is -1.08. The molecule has 168 valence electrons. The molecule has 1 saturated heterocycles. The number of imidazole rings is 1. The van der Waals surface area contributed by atoms with E-state index in [4.69, 9.17) is 4.74 Å². The van der Waals surface area contributed by atoms with E-state index in [1.54, 1.807) is 47.3 Å². The summed E-state index contributed by atoms with van der Waals surface area (Å²) in [7, 11) is -4.13. The van der Waals surface area contributed by atoms with Gasteiger partial charge in [-0.3, -0.25) is 14.1 Å². The summed E-state index contributed by atoms with van der Waals surface area (Å²) in [5.41, 5.74) is 1.39. The average molecular weight is 470 g/mol. The molecule has 1 fully saturated rings. The highest BCUT2D eigenvalue weighted by Gasteiger charge is 2.32.